The number of hydrogen-bond donors (Lipinski definition) is 0. The molecule has 0 N–H and O–H groups in total. The van der Waals surface area contributed by atoms with Crippen LogP contribution in [0.15, 0.2) is 158 Å². The number of para-hydroxylation sites is 3. The van der Waals surface area contributed by atoms with Crippen molar-refractivity contribution in [1.29, 1.82) is 0 Å². The minimum Gasteiger partial charge on any atom is -0.292 e. The summed E-state index contributed by atoms with van der Waals surface area (Å²) in [6.45, 7) is 9.67. The van der Waals surface area contributed by atoms with Crippen LogP contribution >= 0.6 is 0 Å². The SMILES string of the molecule is CC1(C)c2cc(-c3ccc(-c4nc5ccccc5n4-c4ccccc4)cc3)ccc2-c2cc3c(cc21)-c1c(cc2ccc4cccc5ccc1c2c45)C3(C)C. The second kappa shape index (κ2) is 10.6. The molecule has 0 fully saturated rings. The van der Waals surface area contributed by atoms with Crippen LogP contribution in [0.1, 0.15) is 49.9 Å². The molecule has 0 radical (unpaired) electrons. The minimum absolute atomic E-state index is 0.111. The lowest BCUT2D eigenvalue weighted by atomic mass is 9.79. The lowest BCUT2D eigenvalue weighted by Gasteiger charge is -2.24. The molecule has 0 unspecified atom stereocenters. The van der Waals surface area contributed by atoms with Gasteiger partial charge < -0.3 is 0 Å². The molecule has 0 saturated carbocycles. The van der Waals surface area contributed by atoms with Crippen LogP contribution in [0.4, 0.5) is 0 Å². The third-order valence-electron chi connectivity index (χ3n) is 13.1. The van der Waals surface area contributed by atoms with Crippen LogP contribution in [0.2, 0.25) is 0 Å². The molecule has 0 aliphatic heterocycles. The topological polar surface area (TPSA) is 17.8 Å². The third-order valence-corrected chi connectivity index (χ3v) is 13.1. The molecule has 0 atom stereocenters. The third kappa shape index (κ3) is 4.06. The van der Waals surface area contributed by atoms with Crippen LogP contribution in [-0.4, -0.2) is 9.55 Å². The fourth-order valence-electron chi connectivity index (χ4n) is 10.3. The molecule has 10 aromatic rings. The predicted molar refractivity (Wildman–Crippen MR) is 231 cm³/mol. The first-order chi connectivity index (χ1) is 26.8. The number of aromatic nitrogens is 2. The molecular weight excluding hydrogens is 665 g/mol. The summed E-state index contributed by atoms with van der Waals surface area (Å²) in [7, 11) is 0. The van der Waals surface area contributed by atoms with Crippen molar-refractivity contribution < 1.29 is 0 Å². The van der Waals surface area contributed by atoms with Crippen molar-refractivity contribution in [1.82, 2.24) is 9.55 Å². The van der Waals surface area contributed by atoms with E-state index in [1.807, 2.05) is 0 Å². The van der Waals surface area contributed by atoms with Gasteiger partial charge in [-0.15, -0.1) is 0 Å². The highest BCUT2D eigenvalue weighted by atomic mass is 15.1. The van der Waals surface area contributed by atoms with Crippen molar-refractivity contribution in [2.75, 3.05) is 0 Å². The molecule has 0 amide bonds. The summed E-state index contributed by atoms with van der Waals surface area (Å²) in [6.07, 6.45) is 0. The Morgan fingerprint density at radius 2 is 1.07 bits per heavy atom. The largest absolute Gasteiger partial charge is 0.292 e. The Morgan fingerprint density at radius 3 is 1.89 bits per heavy atom. The normalized spacial score (nSPS) is 14.8. The van der Waals surface area contributed by atoms with E-state index in [1.54, 1.807) is 0 Å². The maximum atomic E-state index is 5.10. The van der Waals surface area contributed by atoms with Gasteiger partial charge in [0, 0.05) is 22.1 Å². The quantitative estimate of drug-likeness (QED) is 0.168. The Morgan fingerprint density at radius 1 is 0.436 bits per heavy atom. The average Bonchev–Trinajstić information content (AvgIpc) is 3.79. The molecule has 2 aliphatic carbocycles. The maximum Gasteiger partial charge on any atom is 0.145 e. The van der Waals surface area contributed by atoms with Crippen LogP contribution in [0, 0.1) is 0 Å². The van der Waals surface area contributed by atoms with Gasteiger partial charge in [-0.1, -0.05) is 137 Å². The second-order valence-corrected chi connectivity index (χ2v) is 16.8. The van der Waals surface area contributed by atoms with E-state index < -0.39 is 0 Å². The van der Waals surface area contributed by atoms with Crippen molar-refractivity contribution in [2.45, 2.75) is 38.5 Å². The molecule has 2 aliphatic rings. The number of imidazole rings is 1. The molecule has 1 heterocycles. The summed E-state index contributed by atoms with van der Waals surface area (Å²) < 4.78 is 2.27. The monoisotopic (exact) mass is 702 g/mol. The molecule has 260 valence electrons. The highest BCUT2D eigenvalue weighted by Crippen LogP contribution is 2.58. The van der Waals surface area contributed by atoms with E-state index in [0.29, 0.717) is 0 Å². The number of benzene rings is 9. The summed E-state index contributed by atoms with van der Waals surface area (Å²) in [5.74, 6) is 0.952. The van der Waals surface area contributed by atoms with Gasteiger partial charge in [0.05, 0.1) is 11.0 Å². The van der Waals surface area contributed by atoms with E-state index in [4.69, 9.17) is 4.98 Å². The Labute approximate surface area is 320 Å². The first kappa shape index (κ1) is 30.9. The van der Waals surface area contributed by atoms with E-state index in [9.17, 15) is 0 Å². The highest BCUT2D eigenvalue weighted by molar-refractivity contribution is 6.26. The number of hydrogen-bond acceptors (Lipinski definition) is 1. The summed E-state index contributed by atoms with van der Waals surface area (Å²) in [5.41, 5.74) is 17.7. The fraction of sp³-hybridized carbons (Fsp3) is 0.113. The Bertz CT molecular complexity index is 3220. The minimum atomic E-state index is -0.146. The van der Waals surface area contributed by atoms with Crippen LogP contribution in [0.5, 0.6) is 0 Å². The van der Waals surface area contributed by atoms with Crippen LogP contribution < -0.4 is 0 Å². The van der Waals surface area contributed by atoms with Crippen molar-refractivity contribution in [3.63, 3.8) is 0 Å². The molecule has 2 heteroatoms. The van der Waals surface area contributed by atoms with Crippen molar-refractivity contribution in [3.8, 4) is 50.5 Å². The van der Waals surface area contributed by atoms with Gasteiger partial charge in [-0.2, -0.15) is 0 Å². The van der Waals surface area contributed by atoms with Gasteiger partial charge in [0.15, 0.2) is 0 Å². The lowest BCUT2D eigenvalue weighted by Crippen LogP contribution is -2.17. The molecule has 1 aromatic heterocycles. The highest BCUT2D eigenvalue weighted by Gasteiger charge is 2.42. The van der Waals surface area contributed by atoms with Crippen molar-refractivity contribution in [2.24, 2.45) is 0 Å². The molecule has 12 rings (SSSR count). The summed E-state index contributed by atoms with van der Waals surface area (Å²) >= 11 is 0. The Hall–Kier alpha value is -6.51. The zero-order valence-electron chi connectivity index (χ0n) is 31.4. The second-order valence-electron chi connectivity index (χ2n) is 16.8. The standard InChI is InChI=1S/C53H38N2/c1-52(2)42-27-35(31-17-20-34(21-18-31)51-54-46-15-8-9-16-47(46)55(51)37-13-6-5-7-14-37)24-25-38(42)40-29-44-41(30-43(40)52)50-39-26-23-33-12-10-11-32-19-22-36(49(39)48(32)33)28-45(50)53(44,3)4/h5-30H,1-4H3. The van der Waals surface area contributed by atoms with Gasteiger partial charge >= 0.3 is 0 Å². The van der Waals surface area contributed by atoms with Crippen LogP contribution in [0.25, 0.3) is 93.8 Å². The summed E-state index contributed by atoms with van der Waals surface area (Å²) in [6, 6.07) is 58.6. The summed E-state index contributed by atoms with van der Waals surface area (Å²) in [5, 5.41) is 8.13. The lowest BCUT2D eigenvalue weighted by molar-refractivity contribution is 0.652. The fourth-order valence-corrected chi connectivity index (χ4v) is 10.3. The van der Waals surface area contributed by atoms with Gasteiger partial charge in [0.1, 0.15) is 5.82 Å². The average molecular weight is 703 g/mol. The molecular formula is C53H38N2. The van der Waals surface area contributed by atoms with Gasteiger partial charge in [-0.05, 0) is 136 Å². The number of fused-ring (bicyclic) bond motifs is 8. The molecule has 0 spiro atoms. The van der Waals surface area contributed by atoms with Gasteiger partial charge in [0.25, 0.3) is 0 Å². The number of rotatable bonds is 3. The van der Waals surface area contributed by atoms with Crippen LogP contribution in [0.3, 0.4) is 0 Å². The molecule has 9 aromatic carbocycles. The van der Waals surface area contributed by atoms with Gasteiger partial charge in [0.2, 0.25) is 0 Å². The summed E-state index contributed by atoms with van der Waals surface area (Å²) in [4.78, 5) is 5.10. The molecule has 0 bridgehead atoms. The maximum absolute atomic E-state index is 5.10. The predicted octanol–water partition coefficient (Wildman–Crippen LogP) is 13.9. The first-order valence-corrected chi connectivity index (χ1v) is 19.5. The van der Waals surface area contributed by atoms with Gasteiger partial charge in [-0.25, -0.2) is 4.98 Å². The van der Waals surface area contributed by atoms with Crippen molar-refractivity contribution >= 4 is 43.4 Å². The molecule has 2 nitrogen and oxygen atoms in total. The van der Waals surface area contributed by atoms with Crippen molar-refractivity contribution in [3.05, 3.63) is 180 Å². The zero-order valence-corrected chi connectivity index (χ0v) is 31.4. The Balaban J connectivity index is 0.964. The first-order valence-electron chi connectivity index (χ1n) is 19.5. The van der Waals surface area contributed by atoms with Crippen LogP contribution in [-0.2, 0) is 10.8 Å². The smallest absolute Gasteiger partial charge is 0.145 e. The molecule has 0 saturated heterocycles. The zero-order chi connectivity index (χ0) is 36.8. The number of nitrogens with zero attached hydrogens (tertiary/aromatic N) is 2. The van der Waals surface area contributed by atoms with E-state index in [2.05, 4.69) is 190 Å². The van der Waals surface area contributed by atoms with E-state index >= 15 is 0 Å². The van der Waals surface area contributed by atoms with Gasteiger partial charge in [-0.3, -0.25) is 4.57 Å². The Kier molecular flexibility index (Phi) is 5.94. The van der Waals surface area contributed by atoms with E-state index in [0.717, 1.165) is 28.1 Å². The van der Waals surface area contributed by atoms with E-state index in [1.165, 1.54) is 88.0 Å². The molecule has 55 heavy (non-hydrogen) atoms. The van der Waals surface area contributed by atoms with E-state index in [-0.39, 0.29) is 10.8 Å².